The molecule has 1 aromatic heterocycles. The summed E-state index contributed by atoms with van der Waals surface area (Å²) in [5.41, 5.74) is -0.0689. The van der Waals surface area contributed by atoms with Crippen molar-refractivity contribution in [3.8, 4) is 0 Å². The topological polar surface area (TPSA) is 37.8 Å². The summed E-state index contributed by atoms with van der Waals surface area (Å²) in [5, 5.41) is 2.85. The first-order valence-corrected chi connectivity index (χ1v) is 6.95. The van der Waals surface area contributed by atoms with Crippen LogP contribution in [0.1, 0.15) is 24.4 Å². The second-order valence-corrected chi connectivity index (χ2v) is 5.32. The summed E-state index contributed by atoms with van der Waals surface area (Å²) in [4.78, 5) is 7.81. The Balaban J connectivity index is 2.25. The van der Waals surface area contributed by atoms with E-state index in [1.807, 2.05) is 22.6 Å². The molecule has 0 radical (unpaired) electrons. The summed E-state index contributed by atoms with van der Waals surface area (Å²) < 4.78 is 51.2. The first kappa shape index (κ1) is 15.9. The van der Waals surface area contributed by atoms with E-state index in [9.17, 15) is 17.6 Å². The van der Waals surface area contributed by atoms with E-state index in [1.165, 1.54) is 25.4 Å². The van der Waals surface area contributed by atoms with E-state index < -0.39 is 17.9 Å². The van der Waals surface area contributed by atoms with Crippen LogP contribution in [0.2, 0.25) is 0 Å². The number of hydrogen-bond acceptors (Lipinski definition) is 3. The first-order valence-electron chi connectivity index (χ1n) is 5.88. The van der Waals surface area contributed by atoms with Gasteiger partial charge in [0.15, 0.2) is 0 Å². The maximum atomic E-state index is 13.3. The Kier molecular flexibility index (Phi) is 4.64. The quantitative estimate of drug-likeness (QED) is 0.579. The van der Waals surface area contributed by atoms with Crippen molar-refractivity contribution in [2.24, 2.45) is 0 Å². The van der Waals surface area contributed by atoms with Gasteiger partial charge in [0.1, 0.15) is 18.3 Å². The lowest BCUT2D eigenvalue weighted by molar-refractivity contribution is -0.137. The molecular weight excluding hydrogens is 401 g/mol. The Morgan fingerprint density at radius 2 is 1.76 bits per heavy atom. The standard InChI is InChI=1S/C13H10F4IN3/c1-7(14)11-10(18)12(20-6-19-11)21-9-4-2-8(3-5-9)13(15,16)17/h2-7H,1H3,(H,19,20,21). The van der Waals surface area contributed by atoms with Crippen LogP contribution in [0.3, 0.4) is 0 Å². The third-order valence-corrected chi connectivity index (χ3v) is 3.73. The predicted octanol–water partition coefficient (Wildman–Crippen LogP) is 4.87. The molecule has 0 spiro atoms. The van der Waals surface area contributed by atoms with E-state index in [0.29, 0.717) is 15.1 Å². The van der Waals surface area contributed by atoms with Gasteiger partial charge in [-0.15, -0.1) is 0 Å². The molecule has 1 heterocycles. The molecule has 1 atom stereocenters. The van der Waals surface area contributed by atoms with Crippen LogP contribution in [-0.4, -0.2) is 9.97 Å². The van der Waals surface area contributed by atoms with Crippen LogP contribution in [0.4, 0.5) is 29.1 Å². The molecule has 112 valence electrons. The Morgan fingerprint density at radius 1 is 1.14 bits per heavy atom. The zero-order valence-corrected chi connectivity index (χ0v) is 12.9. The van der Waals surface area contributed by atoms with Gasteiger partial charge in [-0.05, 0) is 53.8 Å². The second-order valence-electron chi connectivity index (χ2n) is 4.24. The van der Waals surface area contributed by atoms with Gasteiger partial charge in [-0.1, -0.05) is 0 Å². The van der Waals surface area contributed by atoms with Gasteiger partial charge in [-0.3, -0.25) is 0 Å². The maximum absolute atomic E-state index is 13.3. The van der Waals surface area contributed by atoms with Crippen LogP contribution in [0, 0.1) is 3.57 Å². The molecule has 0 saturated heterocycles. The zero-order chi connectivity index (χ0) is 15.6. The number of aromatic nitrogens is 2. The number of anilines is 2. The minimum atomic E-state index is -4.38. The lowest BCUT2D eigenvalue weighted by atomic mass is 10.2. The molecule has 2 aromatic rings. The van der Waals surface area contributed by atoms with Crippen LogP contribution in [0.5, 0.6) is 0 Å². The average molecular weight is 411 g/mol. The van der Waals surface area contributed by atoms with Gasteiger partial charge in [0.05, 0.1) is 14.8 Å². The molecule has 0 bridgehead atoms. The van der Waals surface area contributed by atoms with Crippen LogP contribution < -0.4 is 5.32 Å². The Labute approximate surface area is 131 Å². The van der Waals surface area contributed by atoms with Crippen LogP contribution in [0.15, 0.2) is 30.6 Å². The molecule has 3 nitrogen and oxygen atoms in total. The number of alkyl halides is 4. The maximum Gasteiger partial charge on any atom is 0.416 e. The van der Waals surface area contributed by atoms with Crippen molar-refractivity contribution in [1.29, 1.82) is 0 Å². The molecule has 8 heteroatoms. The molecule has 2 rings (SSSR count). The monoisotopic (exact) mass is 411 g/mol. The van der Waals surface area contributed by atoms with Gasteiger partial charge in [0.2, 0.25) is 0 Å². The molecule has 0 aliphatic rings. The summed E-state index contributed by atoms with van der Waals surface area (Å²) >= 11 is 1.90. The molecule has 0 fully saturated rings. The number of hydrogen-bond donors (Lipinski definition) is 1. The van der Waals surface area contributed by atoms with E-state index in [-0.39, 0.29) is 5.69 Å². The normalized spacial score (nSPS) is 13.0. The van der Waals surface area contributed by atoms with Crippen molar-refractivity contribution in [2.45, 2.75) is 19.3 Å². The number of halogens is 5. The average Bonchev–Trinajstić information content (AvgIpc) is 2.40. The summed E-state index contributed by atoms with van der Waals surface area (Å²) in [7, 11) is 0. The van der Waals surface area contributed by atoms with E-state index in [2.05, 4.69) is 15.3 Å². The van der Waals surface area contributed by atoms with Gasteiger partial charge in [0, 0.05) is 5.69 Å². The van der Waals surface area contributed by atoms with Gasteiger partial charge >= 0.3 is 6.18 Å². The SMILES string of the molecule is CC(F)c1ncnc(Nc2ccc(C(F)(F)F)cc2)c1I. The summed E-state index contributed by atoms with van der Waals surface area (Å²) in [5.74, 6) is 0.352. The summed E-state index contributed by atoms with van der Waals surface area (Å²) in [6.45, 7) is 1.35. The van der Waals surface area contributed by atoms with E-state index in [1.54, 1.807) is 0 Å². The van der Waals surface area contributed by atoms with Gasteiger partial charge in [-0.2, -0.15) is 13.2 Å². The second kappa shape index (κ2) is 6.12. The van der Waals surface area contributed by atoms with Gasteiger partial charge in [-0.25, -0.2) is 14.4 Å². The Bertz CT molecular complexity index is 626. The van der Waals surface area contributed by atoms with Crippen molar-refractivity contribution in [3.63, 3.8) is 0 Å². The molecule has 0 saturated carbocycles. The largest absolute Gasteiger partial charge is 0.416 e. The van der Waals surface area contributed by atoms with Crippen LogP contribution in [0.25, 0.3) is 0 Å². The van der Waals surface area contributed by atoms with Gasteiger partial charge in [0.25, 0.3) is 0 Å². The van der Waals surface area contributed by atoms with E-state index >= 15 is 0 Å². The molecule has 21 heavy (non-hydrogen) atoms. The number of rotatable bonds is 3. The number of benzene rings is 1. The van der Waals surface area contributed by atoms with E-state index in [0.717, 1.165) is 12.1 Å². The molecule has 1 aromatic carbocycles. The fourth-order valence-corrected chi connectivity index (χ4v) is 2.47. The fraction of sp³-hybridized carbons (Fsp3) is 0.231. The molecular formula is C13H10F4IN3. The smallest absolute Gasteiger partial charge is 0.339 e. The highest BCUT2D eigenvalue weighted by molar-refractivity contribution is 14.1. The number of nitrogens with zero attached hydrogens (tertiary/aromatic N) is 2. The Morgan fingerprint density at radius 3 is 2.29 bits per heavy atom. The fourth-order valence-electron chi connectivity index (χ4n) is 1.63. The molecule has 0 aliphatic carbocycles. The van der Waals surface area contributed by atoms with Crippen LogP contribution >= 0.6 is 22.6 Å². The van der Waals surface area contributed by atoms with E-state index in [4.69, 9.17) is 0 Å². The third-order valence-electron chi connectivity index (χ3n) is 2.67. The highest BCUT2D eigenvalue weighted by Gasteiger charge is 2.29. The lowest BCUT2D eigenvalue weighted by Crippen LogP contribution is -2.05. The van der Waals surface area contributed by atoms with Crippen LogP contribution in [-0.2, 0) is 6.18 Å². The van der Waals surface area contributed by atoms with Gasteiger partial charge < -0.3 is 5.32 Å². The lowest BCUT2D eigenvalue weighted by Gasteiger charge is -2.12. The minimum Gasteiger partial charge on any atom is -0.339 e. The zero-order valence-electron chi connectivity index (χ0n) is 10.7. The van der Waals surface area contributed by atoms with Crippen molar-refractivity contribution in [1.82, 2.24) is 9.97 Å². The third kappa shape index (κ3) is 3.80. The summed E-state index contributed by atoms with van der Waals surface area (Å²) in [6.07, 6.45) is -4.42. The van der Waals surface area contributed by atoms with Crippen molar-refractivity contribution in [2.75, 3.05) is 5.32 Å². The summed E-state index contributed by atoms with van der Waals surface area (Å²) in [6, 6.07) is 4.52. The molecule has 1 unspecified atom stereocenters. The minimum absolute atomic E-state index is 0.236. The number of nitrogens with one attached hydrogen (secondary N) is 1. The molecule has 0 aliphatic heterocycles. The molecule has 0 amide bonds. The molecule has 1 N–H and O–H groups in total. The highest BCUT2D eigenvalue weighted by atomic mass is 127. The first-order chi connectivity index (χ1) is 9.79. The predicted molar refractivity (Wildman–Crippen MR) is 79.0 cm³/mol. The van der Waals surface area contributed by atoms with Crippen molar-refractivity contribution >= 4 is 34.1 Å². The van der Waals surface area contributed by atoms with Crippen molar-refractivity contribution in [3.05, 3.63) is 45.4 Å². The highest BCUT2D eigenvalue weighted by Crippen LogP contribution is 2.31. The van der Waals surface area contributed by atoms with Crippen molar-refractivity contribution < 1.29 is 17.6 Å². The Hall–Kier alpha value is -1.45.